The van der Waals surface area contributed by atoms with E-state index in [4.69, 9.17) is 4.74 Å². The third-order valence-electron chi connectivity index (χ3n) is 5.92. The normalized spacial score (nSPS) is 34.3. The summed E-state index contributed by atoms with van der Waals surface area (Å²) in [6.07, 6.45) is 2.62. The zero-order valence-corrected chi connectivity index (χ0v) is 13.6. The molecule has 5 nitrogen and oxygen atoms in total. The maximum atomic E-state index is 13.0. The molecule has 3 aliphatic rings. The van der Waals surface area contributed by atoms with Gasteiger partial charge >= 0.3 is 5.97 Å². The predicted octanol–water partition coefficient (Wildman–Crippen LogP) is 0.773. The minimum atomic E-state index is -0.611. The van der Waals surface area contributed by atoms with Crippen LogP contribution in [0.15, 0.2) is 18.2 Å². The Hall–Kier alpha value is -1.88. The minimum absolute atomic E-state index is 0.0514. The molecule has 4 atom stereocenters. The fourth-order valence-electron chi connectivity index (χ4n) is 5.00. The largest absolute Gasteiger partial charge is 0.466 e. The lowest BCUT2D eigenvalue weighted by Crippen LogP contribution is -3.19. The van der Waals surface area contributed by atoms with Gasteiger partial charge in [0.25, 0.3) is 5.91 Å². The van der Waals surface area contributed by atoms with E-state index in [1.807, 2.05) is 26.0 Å². The lowest BCUT2D eigenvalue weighted by molar-refractivity contribution is -0.947. The molecule has 122 valence electrons. The third-order valence-corrected chi connectivity index (χ3v) is 5.92. The first-order chi connectivity index (χ1) is 11.1. The molecule has 1 amide bonds. The summed E-state index contributed by atoms with van der Waals surface area (Å²) in [6.45, 7) is 5.20. The highest BCUT2D eigenvalue weighted by atomic mass is 16.5. The number of benzene rings is 1. The lowest BCUT2D eigenvalue weighted by atomic mass is 9.84. The van der Waals surface area contributed by atoms with E-state index in [2.05, 4.69) is 11.4 Å². The highest BCUT2D eigenvalue weighted by Crippen LogP contribution is 2.45. The smallest absolute Gasteiger partial charge is 0.315 e. The van der Waals surface area contributed by atoms with Gasteiger partial charge in [-0.15, -0.1) is 0 Å². The summed E-state index contributed by atoms with van der Waals surface area (Å²) in [7, 11) is 0. The molecule has 1 unspecified atom stereocenters. The Balaban J connectivity index is 1.81. The maximum Gasteiger partial charge on any atom is 0.315 e. The molecular formula is C18H23N2O3+. The van der Waals surface area contributed by atoms with Crippen LogP contribution in [0.1, 0.15) is 37.3 Å². The second kappa shape index (κ2) is 5.06. The van der Waals surface area contributed by atoms with Gasteiger partial charge in [0.1, 0.15) is 12.0 Å². The molecule has 0 aromatic heterocycles. The highest BCUT2D eigenvalue weighted by molar-refractivity contribution is 6.06. The first-order valence-corrected chi connectivity index (χ1v) is 8.54. The number of hydrogen-bond donors (Lipinski definition) is 2. The SMILES string of the molecule is CCOC(=O)[C@@H]1C[C@@]2(C(=O)Nc3c(C)cccc32)[NH+]2CCC[C@@H]12. The predicted molar refractivity (Wildman–Crippen MR) is 85.1 cm³/mol. The summed E-state index contributed by atoms with van der Waals surface area (Å²) in [5.41, 5.74) is 2.48. The number of anilines is 1. The topological polar surface area (TPSA) is 59.8 Å². The van der Waals surface area contributed by atoms with Crippen LogP contribution in [0, 0.1) is 12.8 Å². The van der Waals surface area contributed by atoms with Crippen molar-refractivity contribution >= 4 is 17.6 Å². The number of aryl methyl sites for hydroxylation is 1. The Morgan fingerprint density at radius 2 is 2.30 bits per heavy atom. The van der Waals surface area contributed by atoms with Crippen LogP contribution in [0.2, 0.25) is 0 Å². The Kier molecular flexibility index (Phi) is 3.23. The molecule has 3 aliphatic heterocycles. The standard InChI is InChI=1S/C18H22N2O3/c1-3-23-16(21)12-10-18(20-9-5-8-14(12)20)13-7-4-6-11(2)15(13)19-17(18)22/h4,6-7,12,14H,3,5,8-10H2,1-2H3,(H,19,22)/p+1/t12-,14+,18-/m1/s1. The number of ether oxygens (including phenoxy) is 1. The molecule has 2 fully saturated rings. The van der Waals surface area contributed by atoms with Crippen molar-refractivity contribution in [1.29, 1.82) is 0 Å². The van der Waals surface area contributed by atoms with Crippen LogP contribution >= 0.6 is 0 Å². The maximum absolute atomic E-state index is 13.0. The highest BCUT2D eigenvalue weighted by Gasteiger charge is 2.67. The van der Waals surface area contributed by atoms with Crippen molar-refractivity contribution in [3.05, 3.63) is 29.3 Å². The van der Waals surface area contributed by atoms with Crippen molar-refractivity contribution in [2.45, 2.75) is 44.7 Å². The molecule has 23 heavy (non-hydrogen) atoms. The first kappa shape index (κ1) is 14.7. The van der Waals surface area contributed by atoms with E-state index >= 15 is 0 Å². The number of para-hydroxylation sites is 1. The van der Waals surface area contributed by atoms with E-state index in [0.717, 1.165) is 36.2 Å². The van der Waals surface area contributed by atoms with Gasteiger partial charge in [0, 0.05) is 24.8 Å². The van der Waals surface area contributed by atoms with Gasteiger partial charge in [0.05, 0.1) is 18.8 Å². The number of fused-ring (bicyclic) bond motifs is 4. The lowest BCUT2D eigenvalue weighted by Gasteiger charge is -2.29. The summed E-state index contributed by atoms with van der Waals surface area (Å²) in [5.74, 6) is -0.261. The number of hydrogen-bond acceptors (Lipinski definition) is 3. The molecule has 0 aliphatic carbocycles. The fourth-order valence-corrected chi connectivity index (χ4v) is 5.00. The second-order valence-corrected chi connectivity index (χ2v) is 6.94. The molecule has 2 saturated heterocycles. The van der Waals surface area contributed by atoms with Gasteiger partial charge < -0.3 is 15.0 Å². The summed E-state index contributed by atoms with van der Waals surface area (Å²) < 4.78 is 5.30. The zero-order chi connectivity index (χ0) is 16.2. The molecule has 5 heteroatoms. The number of esters is 1. The average molecular weight is 315 g/mol. The van der Waals surface area contributed by atoms with Crippen LogP contribution in [0.3, 0.4) is 0 Å². The van der Waals surface area contributed by atoms with E-state index in [1.54, 1.807) is 0 Å². The van der Waals surface area contributed by atoms with E-state index in [1.165, 1.54) is 4.90 Å². The van der Waals surface area contributed by atoms with Crippen molar-refractivity contribution in [3.63, 3.8) is 0 Å². The molecule has 0 saturated carbocycles. The summed E-state index contributed by atoms with van der Waals surface area (Å²) in [4.78, 5) is 26.7. The van der Waals surface area contributed by atoms with Gasteiger partial charge in [-0.3, -0.25) is 9.59 Å². The summed E-state index contributed by atoms with van der Waals surface area (Å²) >= 11 is 0. The number of amides is 1. The van der Waals surface area contributed by atoms with Crippen molar-refractivity contribution in [2.24, 2.45) is 5.92 Å². The number of nitrogens with one attached hydrogen (secondary N) is 2. The molecule has 1 aromatic carbocycles. The molecule has 2 N–H and O–H groups in total. The van der Waals surface area contributed by atoms with Gasteiger partial charge in [0.15, 0.2) is 0 Å². The van der Waals surface area contributed by atoms with Crippen LogP contribution in [0.25, 0.3) is 0 Å². The monoisotopic (exact) mass is 315 g/mol. The van der Waals surface area contributed by atoms with Crippen LogP contribution in [0.4, 0.5) is 5.69 Å². The summed E-state index contributed by atoms with van der Waals surface area (Å²) in [6, 6.07) is 6.28. The number of carbonyl (C=O) groups is 2. The minimum Gasteiger partial charge on any atom is -0.466 e. The Bertz CT molecular complexity index is 687. The van der Waals surface area contributed by atoms with Crippen molar-refractivity contribution in [2.75, 3.05) is 18.5 Å². The number of rotatable bonds is 2. The van der Waals surface area contributed by atoms with Gasteiger partial charge in [-0.1, -0.05) is 18.2 Å². The van der Waals surface area contributed by atoms with Crippen LogP contribution in [0.5, 0.6) is 0 Å². The third kappa shape index (κ3) is 1.83. The Morgan fingerprint density at radius 3 is 3.09 bits per heavy atom. The van der Waals surface area contributed by atoms with Crippen molar-refractivity contribution in [3.8, 4) is 0 Å². The van der Waals surface area contributed by atoms with Gasteiger partial charge in [-0.2, -0.15) is 0 Å². The van der Waals surface area contributed by atoms with E-state index in [-0.39, 0.29) is 23.8 Å². The van der Waals surface area contributed by atoms with E-state index in [9.17, 15) is 9.59 Å². The van der Waals surface area contributed by atoms with Gasteiger partial charge in [-0.05, 0) is 19.4 Å². The van der Waals surface area contributed by atoms with Crippen LogP contribution < -0.4 is 10.2 Å². The van der Waals surface area contributed by atoms with E-state index in [0.29, 0.717) is 13.0 Å². The molecule has 1 spiro atoms. The van der Waals surface area contributed by atoms with Crippen LogP contribution in [-0.2, 0) is 19.9 Å². The van der Waals surface area contributed by atoms with Crippen molar-refractivity contribution < 1.29 is 19.2 Å². The zero-order valence-electron chi connectivity index (χ0n) is 13.6. The second-order valence-electron chi connectivity index (χ2n) is 6.94. The number of quaternary nitrogens is 1. The fraction of sp³-hybridized carbons (Fsp3) is 0.556. The molecule has 0 radical (unpaired) electrons. The first-order valence-electron chi connectivity index (χ1n) is 8.54. The van der Waals surface area contributed by atoms with Crippen molar-refractivity contribution in [1.82, 2.24) is 0 Å². The Morgan fingerprint density at radius 1 is 1.48 bits per heavy atom. The molecule has 0 bridgehead atoms. The molecule has 4 rings (SSSR count). The molecular weight excluding hydrogens is 292 g/mol. The Labute approximate surface area is 136 Å². The van der Waals surface area contributed by atoms with Gasteiger partial charge in [-0.25, -0.2) is 0 Å². The van der Waals surface area contributed by atoms with Gasteiger partial charge in [0.2, 0.25) is 5.54 Å². The average Bonchev–Trinajstić information content (AvgIpc) is 3.17. The summed E-state index contributed by atoms with van der Waals surface area (Å²) in [5, 5.41) is 3.09. The van der Waals surface area contributed by atoms with Crippen LogP contribution in [-0.4, -0.2) is 31.1 Å². The quantitative estimate of drug-likeness (QED) is 0.793. The number of carbonyl (C=O) groups excluding carboxylic acids is 2. The molecule has 1 aromatic rings. The van der Waals surface area contributed by atoms with E-state index < -0.39 is 5.54 Å². The molecule has 3 heterocycles.